The molecule has 2 rings (SSSR count). The van der Waals surface area contributed by atoms with E-state index in [9.17, 15) is 0 Å². The lowest BCUT2D eigenvalue weighted by molar-refractivity contribution is 0.220. The van der Waals surface area contributed by atoms with Gasteiger partial charge in [-0.3, -0.25) is 0 Å². The Morgan fingerprint density at radius 2 is 2.06 bits per heavy atom. The minimum Gasteiger partial charge on any atom is -0.307 e. The van der Waals surface area contributed by atoms with Gasteiger partial charge in [0.05, 0.1) is 0 Å². The van der Waals surface area contributed by atoms with Gasteiger partial charge in [0.2, 0.25) is 0 Å². The Bertz CT molecular complexity index is 386. The minimum atomic E-state index is 0.345. The van der Waals surface area contributed by atoms with Crippen LogP contribution in [0.15, 0.2) is 18.2 Å². The number of hydrogen-bond acceptors (Lipinski definition) is 1. The maximum Gasteiger partial charge on any atom is 0.0468 e. The second kappa shape index (κ2) is 5.60. The molecule has 1 nitrogen and oxygen atoms in total. The van der Waals surface area contributed by atoms with E-state index in [0.29, 0.717) is 17.1 Å². The van der Waals surface area contributed by atoms with Gasteiger partial charge in [-0.25, -0.2) is 0 Å². The highest BCUT2D eigenvalue weighted by Crippen LogP contribution is 2.32. The maximum atomic E-state index is 6.25. The Morgan fingerprint density at radius 1 is 1.35 bits per heavy atom. The van der Waals surface area contributed by atoms with Gasteiger partial charge in [0.15, 0.2) is 0 Å². The third-order valence-electron chi connectivity index (χ3n) is 3.56. The molecule has 0 bridgehead atoms. The molecule has 0 heterocycles. The molecule has 1 aliphatic rings. The first-order valence-electron chi connectivity index (χ1n) is 6.31. The van der Waals surface area contributed by atoms with E-state index in [1.54, 1.807) is 0 Å². The van der Waals surface area contributed by atoms with Gasteiger partial charge >= 0.3 is 0 Å². The van der Waals surface area contributed by atoms with Crippen LogP contribution < -0.4 is 5.32 Å². The lowest BCUT2D eigenvalue weighted by Crippen LogP contribution is -2.42. The largest absolute Gasteiger partial charge is 0.307 e. The fourth-order valence-corrected chi connectivity index (χ4v) is 3.07. The Kier molecular flexibility index (Phi) is 4.35. The molecule has 94 valence electrons. The van der Waals surface area contributed by atoms with Crippen molar-refractivity contribution in [3.05, 3.63) is 33.8 Å². The van der Waals surface area contributed by atoms with E-state index in [0.717, 1.165) is 22.9 Å². The average molecular weight is 272 g/mol. The summed E-state index contributed by atoms with van der Waals surface area (Å²) >= 11 is 12.2. The Balaban J connectivity index is 2.06. The molecule has 0 saturated heterocycles. The van der Waals surface area contributed by atoms with E-state index in [1.807, 2.05) is 18.2 Å². The van der Waals surface area contributed by atoms with E-state index in [2.05, 4.69) is 19.2 Å². The topological polar surface area (TPSA) is 12.0 Å². The molecule has 3 heteroatoms. The van der Waals surface area contributed by atoms with Gasteiger partial charge in [0, 0.05) is 22.1 Å². The van der Waals surface area contributed by atoms with Crippen LogP contribution in [0.25, 0.3) is 0 Å². The molecule has 1 aromatic rings. The highest BCUT2D eigenvalue weighted by Gasteiger charge is 2.27. The maximum absolute atomic E-state index is 6.25. The third-order valence-corrected chi connectivity index (χ3v) is 4.12. The third kappa shape index (κ3) is 3.15. The predicted molar refractivity (Wildman–Crippen MR) is 74.8 cm³/mol. The first kappa shape index (κ1) is 13.2. The molecular formula is C14H19Cl2N. The van der Waals surface area contributed by atoms with Crippen molar-refractivity contribution in [2.75, 3.05) is 0 Å². The summed E-state index contributed by atoms with van der Waals surface area (Å²) in [7, 11) is 0. The van der Waals surface area contributed by atoms with Crippen molar-refractivity contribution >= 4 is 23.2 Å². The number of benzene rings is 1. The van der Waals surface area contributed by atoms with Crippen LogP contribution in [0.2, 0.25) is 10.0 Å². The Hall–Kier alpha value is -0.240. The van der Waals surface area contributed by atoms with Crippen LogP contribution in [0.5, 0.6) is 0 Å². The summed E-state index contributed by atoms with van der Waals surface area (Å²) in [6.07, 6.45) is 3.61. The monoisotopic (exact) mass is 271 g/mol. The van der Waals surface area contributed by atoms with Crippen LogP contribution >= 0.6 is 23.2 Å². The van der Waals surface area contributed by atoms with Gasteiger partial charge in [-0.05, 0) is 42.9 Å². The number of nitrogens with one attached hydrogen (secondary N) is 1. The first-order valence-corrected chi connectivity index (χ1v) is 7.06. The zero-order chi connectivity index (χ0) is 12.4. The molecule has 1 saturated carbocycles. The van der Waals surface area contributed by atoms with Gasteiger partial charge in [-0.1, -0.05) is 43.1 Å². The quantitative estimate of drug-likeness (QED) is 0.827. The van der Waals surface area contributed by atoms with Crippen molar-refractivity contribution in [2.45, 2.75) is 45.2 Å². The molecular weight excluding hydrogens is 253 g/mol. The summed E-state index contributed by atoms with van der Waals surface area (Å²) in [6, 6.07) is 6.77. The number of halogens is 2. The average Bonchev–Trinajstić information content (AvgIpc) is 2.24. The van der Waals surface area contributed by atoms with Crippen molar-refractivity contribution in [1.29, 1.82) is 0 Å². The van der Waals surface area contributed by atoms with Crippen LogP contribution in [-0.2, 0) is 0 Å². The van der Waals surface area contributed by atoms with Crippen LogP contribution in [-0.4, -0.2) is 6.04 Å². The lowest BCUT2D eigenvalue weighted by Gasteiger charge is -2.36. The van der Waals surface area contributed by atoms with E-state index in [-0.39, 0.29) is 0 Å². The predicted octanol–water partition coefficient (Wildman–Crippen LogP) is 4.83. The summed E-state index contributed by atoms with van der Waals surface area (Å²) in [6.45, 7) is 4.49. The molecule has 1 atom stereocenters. The van der Waals surface area contributed by atoms with Crippen LogP contribution in [0.1, 0.15) is 44.7 Å². The molecule has 0 radical (unpaired) electrons. The zero-order valence-corrected chi connectivity index (χ0v) is 11.9. The van der Waals surface area contributed by atoms with Crippen molar-refractivity contribution < 1.29 is 0 Å². The fraction of sp³-hybridized carbons (Fsp3) is 0.571. The standard InChI is InChI=1S/C14H19Cl2N/c1-3-14(17-11-6-9(2)7-11)12-5-4-10(15)8-13(12)16/h4-5,8-9,11,14,17H,3,6-7H2,1-2H3. The molecule has 0 aromatic heterocycles. The normalized spacial score (nSPS) is 25.4. The van der Waals surface area contributed by atoms with Gasteiger partial charge in [-0.2, -0.15) is 0 Å². The summed E-state index contributed by atoms with van der Waals surface area (Å²) in [5.74, 6) is 0.866. The molecule has 1 unspecified atom stereocenters. The van der Waals surface area contributed by atoms with Crippen LogP contribution in [0, 0.1) is 5.92 Å². The summed E-state index contributed by atoms with van der Waals surface area (Å²) in [5, 5.41) is 5.15. The van der Waals surface area contributed by atoms with E-state index in [4.69, 9.17) is 23.2 Å². The van der Waals surface area contributed by atoms with Gasteiger partial charge in [0.25, 0.3) is 0 Å². The van der Waals surface area contributed by atoms with Crippen LogP contribution in [0.3, 0.4) is 0 Å². The molecule has 0 spiro atoms. The number of rotatable bonds is 4. The highest BCUT2D eigenvalue weighted by molar-refractivity contribution is 6.35. The number of hydrogen-bond donors (Lipinski definition) is 1. The van der Waals surface area contributed by atoms with E-state index in [1.165, 1.54) is 12.8 Å². The molecule has 1 aliphatic carbocycles. The van der Waals surface area contributed by atoms with Crippen molar-refractivity contribution in [3.8, 4) is 0 Å². The van der Waals surface area contributed by atoms with Crippen LogP contribution in [0.4, 0.5) is 0 Å². The van der Waals surface area contributed by atoms with E-state index >= 15 is 0 Å². The fourth-order valence-electron chi connectivity index (χ4n) is 2.53. The molecule has 1 N–H and O–H groups in total. The zero-order valence-electron chi connectivity index (χ0n) is 10.3. The smallest absolute Gasteiger partial charge is 0.0468 e. The van der Waals surface area contributed by atoms with E-state index < -0.39 is 0 Å². The minimum absolute atomic E-state index is 0.345. The van der Waals surface area contributed by atoms with Gasteiger partial charge < -0.3 is 5.32 Å². The summed E-state index contributed by atoms with van der Waals surface area (Å²) in [5.41, 5.74) is 1.16. The molecule has 1 aromatic carbocycles. The SMILES string of the molecule is CCC(NC1CC(C)C1)c1ccc(Cl)cc1Cl. The molecule has 1 fully saturated rings. The highest BCUT2D eigenvalue weighted by atomic mass is 35.5. The Morgan fingerprint density at radius 3 is 2.59 bits per heavy atom. The summed E-state index contributed by atoms with van der Waals surface area (Å²) in [4.78, 5) is 0. The molecule has 0 amide bonds. The molecule has 17 heavy (non-hydrogen) atoms. The Labute approximate surface area is 114 Å². The van der Waals surface area contributed by atoms with Gasteiger partial charge in [-0.15, -0.1) is 0 Å². The van der Waals surface area contributed by atoms with Gasteiger partial charge in [0.1, 0.15) is 0 Å². The first-order chi connectivity index (χ1) is 8.10. The van der Waals surface area contributed by atoms with Crippen molar-refractivity contribution in [2.24, 2.45) is 5.92 Å². The summed E-state index contributed by atoms with van der Waals surface area (Å²) < 4.78 is 0. The van der Waals surface area contributed by atoms with Crippen molar-refractivity contribution in [3.63, 3.8) is 0 Å². The molecule has 0 aliphatic heterocycles. The second-order valence-electron chi connectivity index (χ2n) is 5.07. The second-order valence-corrected chi connectivity index (χ2v) is 5.91. The lowest BCUT2D eigenvalue weighted by atomic mass is 9.81. The van der Waals surface area contributed by atoms with Crippen molar-refractivity contribution in [1.82, 2.24) is 5.32 Å².